The van der Waals surface area contributed by atoms with Crippen LogP contribution < -0.4 is 10.6 Å². The zero-order chi connectivity index (χ0) is 17.6. The summed E-state index contributed by atoms with van der Waals surface area (Å²) in [7, 11) is 1.82. The molecule has 1 aliphatic heterocycles. The standard InChI is InChI=1S/C19H30BrN3O/c1-19(2,3)17-15(6-5-11-24-17)13-23-18(21-4)22-12-14-7-9-16(20)10-8-14/h7-10,15,17H,5-6,11-13H2,1-4H3,(H2,21,22,23). The van der Waals surface area contributed by atoms with Gasteiger partial charge in [0.25, 0.3) is 0 Å². The number of rotatable bonds is 4. The monoisotopic (exact) mass is 395 g/mol. The normalized spacial score (nSPS) is 22.3. The van der Waals surface area contributed by atoms with E-state index in [1.165, 1.54) is 12.0 Å². The van der Waals surface area contributed by atoms with Crippen LogP contribution in [0, 0.1) is 11.3 Å². The Labute approximate surface area is 154 Å². The highest BCUT2D eigenvalue weighted by Gasteiger charge is 2.35. The van der Waals surface area contributed by atoms with E-state index in [0.29, 0.717) is 12.0 Å². The molecule has 0 spiro atoms. The van der Waals surface area contributed by atoms with Crippen LogP contribution in [0.25, 0.3) is 0 Å². The number of hydrogen-bond donors (Lipinski definition) is 2. The summed E-state index contributed by atoms with van der Waals surface area (Å²) in [5.74, 6) is 1.36. The maximum atomic E-state index is 6.06. The number of benzene rings is 1. The zero-order valence-electron chi connectivity index (χ0n) is 15.2. The average Bonchev–Trinajstić information content (AvgIpc) is 2.56. The van der Waals surface area contributed by atoms with Gasteiger partial charge < -0.3 is 15.4 Å². The van der Waals surface area contributed by atoms with E-state index in [-0.39, 0.29) is 5.41 Å². The number of nitrogens with zero attached hydrogens (tertiary/aromatic N) is 1. The Bertz CT molecular complexity index is 537. The first-order chi connectivity index (χ1) is 11.4. The number of halogens is 1. The van der Waals surface area contributed by atoms with Gasteiger partial charge >= 0.3 is 0 Å². The van der Waals surface area contributed by atoms with Crippen molar-refractivity contribution < 1.29 is 4.74 Å². The highest BCUT2D eigenvalue weighted by Crippen LogP contribution is 2.33. The number of aliphatic imine (C=N–C) groups is 1. The van der Waals surface area contributed by atoms with Gasteiger partial charge in [-0.1, -0.05) is 48.8 Å². The first-order valence-electron chi connectivity index (χ1n) is 8.70. The second-order valence-electron chi connectivity index (χ2n) is 7.49. The molecular formula is C19H30BrN3O. The molecule has 2 rings (SSSR count). The van der Waals surface area contributed by atoms with Crippen LogP contribution in [-0.2, 0) is 11.3 Å². The van der Waals surface area contributed by atoms with Gasteiger partial charge in [0.2, 0.25) is 0 Å². The lowest BCUT2D eigenvalue weighted by molar-refractivity contribution is -0.0835. The topological polar surface area (TPSA) is 45.7 Å². The van der Waals surface area contributed by atoms with Gasteiger partial charge in [-0.15, -0.1) is 0 Å². The van der Waals surface area contributed by atoms with Crippen molar-refractivity contribution in [3.63, 3.8) is 0 Å². The summed E-state index contributed by atoms with van der Waals surface area (Å²) < 4.78 is 7.15. The molecule has 24 heavy (non-hydrogen) atoms. The number of ether oxygens (including phenoxy) is 1. The second-order valence-corrected chi connectivity index (χ2v) is 8.41. The van der Waals surface area contributed by atoms with Crippen LogP contribution in [0.3, 0.4) is 0 Å². The van der Waals surface area contributed by atoms with Crippen LogP contribution in [0.5, 0.6) is 0 Å². The molecule has 1 fully saturated rings. The SMILES string of the molecule is CN=C(NCc1ccc(Br)cc1)NCC1CCCOC1C(C)(C)C. The lowest BCUT2D eigenvalue weighted by atomic mass is 9.78. The Balaban J connectivity index is 1.85. The van der Waals surface area contributed by atoms with E-state index in [2.05, 4.69) is 76.6 Å². The van der Waals surface area contributed by atoms with Crippen LogP contribution in [0.4, 0.5) is 0 Å². The Morgan fingerprint density at radius 1 is 1.25 bits per heavy atom. The fourth-order valence-electron chi connectivity index (χ4n) is 3.25. The molecule has 1 aromatic carbocycles. The molecule has 2 atom stereocenters. The van der Waals surface area contributed by atoms with E-state index < -0.39 is 0 Å². The molecule has 0 amide bonds. The molecule has 2 N–H and O–H groups in total. The third kappa shape index (κ3) is 5.78. The largest absolute Gasteiger partial charge is 0.377 e. The van der Waals surface area contributed by atoms with Crippen LogP contribution in [-0.4, -0.2) is 32.3 Å². The first kappa shape index (κ1) is 19.3. The lowest BCUT2D eigenvalue weighted by Crippen LogP contribution is -2.47. The maximum Gasteiger partial charge on any atom is 0.191 e. The molecule has 4 nitrogen and oxygen atoms in total. The Hall–Kier alpha value is -1.07. The fraction of sp³-hybridized carbons (Fsp3) is 0.632. The number of hydrogen-bond acceptors (Lipinski definition) is 2. The second kappa shape index (κ2) is 8.86. The zero-order valence-corrected chi connectivity index (χ0v) is 16.8. The number of guanidine groups is 1. The van der Waals surface area contributed by atoms with Crippen molar-refractivity contribution >= 4 is 21.9 Å². The minimum Gasteiger partial charge on any atom is -0.377 e. The molecular weight excluding hydrogens is 366 g/mol. The minimum absolute atomic E-state index is 0.168. The van der Waals surface area contributed by atoms with E-state index >= 15 is 0 Å². The molecule has 0 radical (unpaired) electrons. The molecule has 134 valence electrons. The van der Waals surface area contributed by atoms with Crippen molar-refractivity contribution in [2.45, 2.75) is 46.3 Å². The van der Waals surface area contributed by atoms with E-state index in [9.17, 15) is 0 Å². The minimum atomic E-state index is 0.168. The predicted molar refractivity (Wildman–Crippen MR) is 104 cm³/mol. The number of nitrogens with one attached hydrogen (secondary N) is 2. The summed E-state index contributed by atoms with van der Waals surface area (Å²) in [5, 5.41) is 6.85. The Morgan fingerprint density at radius 3 is 2.58 bits per heavy atom. The van der Waals surface area contributed by atoms with Crippen LogP contribution in [0.1, 0.15) is 39.2 Å². The quantitative estimate of drug-likeness (QED) is 0.598. The van der Waals surface area contributed by atoms with Crippen molar-refractivity contribution in [1.29, 1.82) is 0 Å². The summed E-state index contributed by atoms with van der Waals surface area (Å²) >= 11 is 3.46. The van der Waals surface area contributed by atoms with E-state index in [1.807, 2.05) is 7.05 Å². The van der Waals surface area contributed by atoms with Crippen molar-refractivity contribution in [1.82, 2.24) is 10.6 Å². The Morgan fingerprint density at radius 2 is 1.96 bits per heavy atom. The summed E-state index contributed by atoms with van der Waals surface area (Å²) in [5.41, 5.74) is 1.40. The molecule has 1 saturated heterocycles. The molecule has 1 aliphatic rings. The van der Waals surface area contributed by atoms with Crippen molar-refractivity contribution in [3.05, 3.63) is 34.3 Å². The highest BCUT2D eigenvalue weighted by atomic mass is 79.9. The molecule has 0 saturated carbocycles. The van der Waals surface area contributed by atoms with E-state index in [0.717, 1.165) is 36.5 Å². The van der Waals surface area contributed by atoms with Gasteiger partial charge in [0, 0.05) is 37.1 Å². The van der Waals surface area contributed by atoms with Gasteiger partial charge in [0.15, 0.2) is 5.96 Å². The third-order valence-electron chi connectivity index (χ3n) is 4.43. The summed E-state index contributed by atoms with van der Waals surface area (Å²) in [6.45, 7) is 9.32. The fourth-order valence-corrected chi connectivity index (χ4v) is 3.51. The van der Waals surface area contributed by atoms with Gasteiger partial charge in [-0.2, -0.15) is 0 Å². The van der Waals surface area contributed by atoms with E-state index in [1.54, 1.807) is 0 Å². The van der Waals surface area contributed by atoms with Gasteiger partial charge in [0.05, 0.1) is 6.10 Å². The molecule has 0 aliphatic carbocycles. The van der Waals surface area contributed by atoms with Crippen molar-refractivity contribution in [2.75, 3.05) is 20.2 Å². The van der Waals surface area contributed by atoms with Crippen molar-refractivity contribution in [3.8, 4) is 0 Å². The van der Waals surface area contributed by atoms with Gasteiger partial charge in [-0.25, -0.2) is 0 Å². The van der Waals surface area contributed by atoms with Gasteiger partial charge in [0.1, 0.15) is 0 Å². The highest BCUT2D eigenvalue weighted by molar-refractivity contribution is 9.10. The summed E-state index contributed by atoms with van der Waals surface area (Å²) in [4.78, 5) is 4.34. The van der Waals surface area contributed by atoms with Gasteiger partial charge in [-0.3, -0.25) is 4.99 Å². The van der Waals surface area contributed by atoms with Crippen LogP contribution in [0.15, 0.2) is 33.7 Å². The average molecular weight is 396 g/mol. The van der Waals surface area contributed by atoms with Gasteiger partial charge in [-0.05, 0) is 36.0 Å². The molecule has 0 aromatic heterocycles. The third-order valence-corrected chi connectivity index (χ3v) is 4.96. The summed E-state index contributed by atoms with van der Waals surface area (Å²) in [6, 6.07) is 8.32. The molecule has 5 heteroatoms. The summed E-state index contributed by atoms with van der Waals surface area (Å²) in [6.07, 6.45) is 2.64. The lowest BCUT2D eigenvalue weighted by Gasteiger charge is -2.40. The molecule has 0 bridgehead atoms. The Kier molecular flexibility index (Phi) is 7.11. The molecule has 1 aromatic rings. The van der Waals surface area contributed by atoms with Crippen LogP contribution in [0.2, 0.25) is 0 Å². The predicted octanol–water partition coefficient (Wildman–Crippen LogP) is 3.96. The first-order valence-corrected chi connectivity index (χ1v) is 9.50. The molecule has 2 unspecified atom stereocenters. The maximum absolute atomic E-state index is 6.06. The smallest absolute Gasteiger partial charge is 0.191 e. The molecule has 1 heterocycles. The van der Waals surface area contributed by atoms with Crippen LogP contribution >= 0.6 is 15.9 Å². The van der Waals surface area contributed by atoms with Crippen molar-refractivity contribution in [2.24, 2.45) is 16.3 Å². The van der Waals surface area contributed by atoms with E-state index in [4.69, 9.17) is 4.74 Å².